The molecule has 18 rings (SSSR count). The van der Waals surface area contributed by atoms with E-state index in [-0.39, 0.29) is 17.9 Å². The number of fused-ring (bicyclic) bond motifs is 15. The lowest BCUT2D eigenvalue weighted by atomic mass is 9.87. The molecule has 0 N–H and O–H groups in total. The van der Waals surface area contributed by atoms with Crippen molar-refractivity contribution < 1.29 is 0 Å². The summed E-state index contributed by atoms with van der Waals surface area (Å²) in [6, 6.07) is 59.3. The molecule has 0 saturated heterocycles. The first kappa shape index (κ1) is 46.5. The molecule has 390 valence electrons. The Balaban J connectivity index is 0.756. The van der Waals surface area contributed by atoms with Gasteiger partial charge in [-0.2, -0.15) is 9.97 Å². The van der Waals surface area contributed by atoms with Crippen LogP contribution in [0.25, 0.3) is 126 Å². The normalized spacial score (nSPS) is 16.3. The smallest absolute Gasteiger partial charge is 0.238 e. The second-order valence-corrected chi connectivity index (χ2v) is 23.7. The quantitative estimate of drug-likeness (QED) is 0.155. The number of hydrogen-bond donors (Lipinski definition) is 0. The van der Waals surface area contributed by atoms with Crippen molar-refractivity contribution in [3.8, 4) is 45.5 Å². The van der Waals surface area contributed by atoms with E-state index in [0.29, 0.717) is 17.6 Å². The Morgan fingerprint density at radius 2 is 1.22 bits per heavy atom. The number of nitrogens with zero attached hydrogens (tertiary/aromatic N) is 10. The molecule has 1 aliphatic heterocycles. The highest BCUT2D eigenvalue weighted by Gasteiger charge is 2.39. The predicted molar refractivity (Wildman–Crippen MR) is 340 cm³/mol. The summed E-state index contributed by atoms with van der Waals surface area (Å²) < 4.78 is 8.10. The maximum Gasteiger partial charge on any atom is 0.238 e. The number of hydrogen-bond acceptors (Lipinski definition) is 10. The van der Waals surface area contributed by atoms with Crippen LogP contribution in [0.3, 0.4) is 0 Å². The third kappa shape index (κ3) is 7.09. The molecule has 0 fully saturated rings. The van der Waals surface area contributed by atoms with Crippen molar-refractivity contribution in [1.29, 1.82) is 0 Å². The van der Waals surface area contributed by atoms with Crippen LogP contribution in [0.5, 0.6) is 0 Å². The molecule has 3 unspecified atom stereocenters. The fraction of sp³-hybridized carbons (Fsp3) is 0.0563. The van der Waals surface area contributed by atoms with Crippen LogP contribution in [0.1, 0.15) is 40.0 Å². The van der Waals surface area contributed by atoms with E-state index in [1.54, 1.807) is 0 Å². The van der Waals surface area contributed by atoms with Gasteiger partial charge in [-0.05, 0) is 132 Å². The number of pyridine rings is 4. The average Bonchev–Trinajstić information content (AvgIpc) is 4.13. The minimum absolute atomic E-state index is 0.185. The van der Waals surface area contributed by atoms with Gasteiger partial charge in [0.1, 0.15) is 0 Å². The van der Waals surface area contributed by atoms with E-state index >= 15 is 0 Å². The minimum Gasteiger partial charge on any atom is -0.332 e. The number of allylic oxidation sites excluding steroid dienone is 3. The molecule has 10 nitrogen and oxygen atoms in total. The second-order valence-electron chi connectivity index (χ2n) is 21.6. The average molecular weight is 1100 g/mol. The molecule has 3 aliphatic rings. The molecule has 6 aromatic carbocycles. The summed E-state index contributed by atoms with van der Waals surface area (Å²) in [7, 11) is 0. The third-order valence-corrected chi connectivity index (χ3v) is 19.6. The Morgan fingerprint density at radius 3 is 2.08 bits per heavy atom. The Bertz CT molecular complexity index is 5220. The fourth-order valence-electron chi connectivity index (χ4n) is 13.4. The summed E-state index contributed by atoms with van der Waals surface area (Å²) in [6.45, 7) is 0. The lowest BCUT2D eigenvalue weighted by Gasteiger charge is -2.29. The van der Waals surface area contributed by atoms with Gasteiger partial charge in [-0.3, -0.25) is 24.5 Å². The zero-order chi connectivity index (χ0) is 54.3. The largest absolute Gasteiger partial charge is 0.332 e. The van der Waals surface area contributed by atoms with E-state index in [2.05, 4.69) is 206 Å². The highest BCUT2D eigenvalue weighted by molar-refractivity contribution is 7.26. The first-order chi connectivity index (χ1) is 41.1. The Labute approximate surface area is 483 Å². The molecule has 10 heterocycles. The molecule has 2 aliphatic carbocycles. The topological polar surface area (TPSA) is 103 Å². The molecule has 0 saturated carbocycles. The van der Waals surface area contributed by atoms with Crippen LogP contribution in [0.2, 0.25) is 0 Å². The summed E-state index contributed by atoms with van der Waals surface area (Å²) in [6.07, 6.45) is 25.7. The van der Waals surface area contributed by atoms with Gasteiger partial charge in [0.25, 0.3) is 0 Å². The Morgan fingerprint density at radius 1 is 0.494 bits per heavy atom. The fourth-order valence-corrected chi connectivity index (χ4v) is 16.0. The van der Waals surface area contributed by atoms with Crippen molar-refractivity contribution in [3.63, 3.8) is 0 Å². The van der Waals surface area contributed by atoms with Crippen molar-refractivity contribution in [3.05, 3.63) is 253 Å². The van der Waals surface area contributed by atoms with Crippen molar-refractivity contribution in [2.75, 3.05) is 4.90 Å². The van der Waals surface area contributed by atoms with Gasteiger partial charge < -0.3 is 9.47 Å². The number of thiophene rings is 2. The standard InChI is InChI=1S/C71H44N10S2/c1-3-21-57-51(15-1)65-61(23-9-31-74-65)79(57)45-13-5-11-41(35-45)47-17-7-19-49-53-37-43(25-27-63(53)82-67(47)49)69-76-70(78-71(77-69)81-59-29-33-72-39-55(59)56-40-73-34-30-60(56)81)44-26-28-64-54(38-44)50-20-8-18-48(68(50)83-64)42-12-6-14-46(36-42)80-58-22-4-2-16-52(58)66-62(80)24-10-32-75-66/h1-17,19-40,48,52,58H,18H2. The highest BCUT2D eigenvalue weighted by atomic mass is 32.1. The van der Waals surface area contributed by atoms with Crippen molar-refractivity contribution in [1.82, 2.24) is 44.0 Å². The molecule has 0 radical (unpaired) electrons. The molecule has 0 bridgehead atoms. The number of anilines is 2. The molecular formula is C71H44N10S2. The maximum atomic E-state index is 5.42. The van der Waals surface area contributed by atoms with Crippen LogP contribution in [0.15, 0.2) is 231 Å². The molecule has 83 heavy (non-hydrogen) atoms. The Kier molecular flexibility index (Phi) is 10.1. The SMILES string of the molecule is C1=CC2c3ncccc3N(c3cccc(C4CC=Cc5c4sc4ccc(-c6nc(-c7ccc8sc9c(-c%10cccc(-n%11c%12ccccc%12c%12ncccc%12%11)c%10)cccc9c8c7)nc(-n7c8ccncc8c8cnccc87)n6)cc54)c3)C2C=C1. The first-order valence-corrected chi connectivity index (χ1v) is 29.6. The predicted octanol–water partition coefficient (Wildman–Crippen LogP) is 17.5. The molecule has 15 aromatic rings. The van der Waals surface area contributed by atoms with E-state index in [1.165, 1.54) is 57.8 Å². The molecule has 12 heteroatoms. The second kappa shape index (κ2) is 18.1. The maximum absolute atomic E-state index is 5.42. The van der Waals surface area contributed by atoms with E-state index in [0.717, 1.165) is 83.6 Å². The van der Waals surface area contributed by atoms with Crippen molar-refractivity contribution in [2.24, 2.45) is 0 Å². The summed E-state index contributed by atoms with van der Waals surface area (Å²) in [5.41, 5.74) is 16.4. The first-order valence-electron chi connectivity index (χ1n) is 27.9. The lowest BCUT2D eigenvalue weighted by molar-refractivity contribution is 0.731. The number of para-hydroxylation sites is 1. The number of benzene rings is 6. The van der Waals surface area contributed by atoms with Crippen LogP contribution in [-0.4, -0.2) is 50.1 Å². The van der Waals surface area contributed by atoms with Gasteiger partial charge in [0.15, 0.2) is 11.6 Å². The summed E-state index contributed by atoms with van der Waals surface area (Å²) in [4.78, 5) is 38.8. The zero-order valence-corrected chi connectivity index (χ0v) is 45.9. The summed E-state index contributed by atoms with van der Waals surface area (Å²) in [5, 5.41) is 6.63. The summed E-state index contributed by atoms with van der Waals surface area (Å²) >= 11 is 3.71. The monoisotopic (exact) mass is 1100 g/mol. The highest BCUT2D eigenvalue weighted by Crippen LogP contribution is 2.50. The van der Waals surface area contributed by atoms with Gasteiger partial charge >= 0.3 is 0 Å². The van der Waals surface area contributed by atoms with E-state index < -0.39 is 0 Å². The van der Waals surface area contributed by atoms with Crippen molar-refractivity contribution in [2.45, 2.75) is 24.3 Å². The molecular weight excluding hydrogens is 1060 g/mol. The van der Waals surface area contributed by atoms with Crippen LogP contribution in [-0.2, 0) is 0 Å². The van der Waals surface area contributed by atoms with Gasteiger partial charge in [-0.1, -0.05) is 97.1 Å². The van der Waals surface area contributed by atoms with Crippen LogP contribution >= 0.6 is 22.7 Å². The van der Waals surface area contributed by atoms with Crippen molar-refractivity contribution >= 4 is 114 Å². The number of aromatic nitrogens is 9. The van der Waals surface area contributed by atoms with Gasteiger partial charge in [0.2, 0.25) is 5.95 Å². The van der Waals surface area contributed by atoms with Gasteiger partial charge in [0.05, 0.1) is 45.0 Å². The zero-order valence-electron chi connectivity index (χ0n) is 44.2. The summed E-state index contributed by atoms with van der Waals surface area (Å²) in [5.74, 6) is 2.13. The van der Waals surface area contributed by atoms with Gasteiger partial charge in [-0.15, -0.1) is 22.7 Å². The number of rotatable bonds is 7. The molecule has 0 spiro atoms. The van der Waals surface area contributed by atoms with E-state index in [9.17, 15) is 0 Å². The minimum atomic E-state index is 0.185. The van der Waals surface area contributed by atoms with Gasteiger partial charge in [0, 0.05) is 123 Å². The molecule has 3 atom stereocenters. The Hall–Kier alpha value is -10.3. The lowest BCUT2D eigenvalue weighted by Crippen LogP contribution is -2.28. The van der Waals surface area contributed by atoms with Crippen LogP contribution < -0.4 is 4.90 Å². The van der Waals surface area contributed by atoms with Gasteiger partial charge in [-0.25, -0.2) is 4.98 Å². The van der Waals surface area contributed by atoms with E-state index in [4.69, 9.17) is 24.9 Å². The molecule has 0 amide bonds. The third-order valence-electron chi connectivity index (χ3n) is 17.1. The van der Waals surface area contributed by atoms with Crippen LogP contribution in [0, 0.1) is 0 Å². The van der Waals surface area contributed by atoms with E-state index in [1.807, 2.05) is 78.1 Å². The van der Waals surface area contributed by atoms with Crippen LogP contribution in [0.4, 0.5) is 11.4 Å². The molecule has 9 aromatic heterocycles.